The van der Waals surface area contributed by atoms with Gasteiger partial charge in [-0.25, -0.2) is 0 Å². The minimum absolute atomic E-state index is 0.735. The van der Waals surface area contributed by atoms with Gasteiger partial charge in [0.1, 0.15) is 0 Å². The highest BCUT2D eigenvalue weighted by atomic mass is 79.9. The van der Waals surface area contributed by atoms with E-state index >= 15 is 0 Å². The Balaban J connectivity index is 0.000000531. The first-order chi connectivity index (χ1) is 7.11. The van der Waals surface area contributed by atoms with E-state index in [-0.39, 0.29) is 0 Å². The van der Waals surface area contributed by atoms with Crippen molar-refractivity contribution >= 4 is 38.4 Å². The van der Waals surface area contributed by atoms with Gasteiger partial charge in [-0.1, -0.05) is 41.4 Å². The van der Waals surface area contributed by atoms with Gasteiger partial charge in [0, 0.05) is 15.6 Å². The summed E-state index contributed by atoms with van der Waals surface area (Å²) in [5, 5.41) is 8.88. The highest BCUT2D eigenvalue weighted by Gasteiger charge is 2.10. The first-order valence-corrected chi connectivity index (χ1v) is 6.07. The number of benzene rings is 1. The molecule has 0 saturated carbocycles. The van der Waals surface area contributed by atoms with Gasteiger partial charge in [-0.3, -0.25) is 5.10 Å². The molecule has 4 heteroatoms. The quantitative estimate of drug-likeness (QED) is 0.753. The highest BCUT2D eigenvalue weighted by Crippen LogP contribution is 2.32. The van der Waals surface area contributed by atoms with E-state index in [9.17, 15) is 0 Å². The van der Waals surface area contributed by atoms with Crippen molar-refractivity contribution in [1.82, 2.24) is 10.2 Å². The Morgan fingerprint density at radius 3 is 2.53 bits per heavy atom. The molecule has 0 saturated heterocycles. The molecule has 0 fully saturated rings. The third-order valence-electron chi connectivity index (χ3n) is 2.15. The second-order valence-electron chi connectivity index (χ2n) is 3.04. The van der Waals surface area contributed by atoms with E-state index in [0.717, 1.165) is 31.7 Å². The molecule has 0 aliphatic carbocycles. The number of nitrogens with one attached hydrogen (secondary N) is 1. The summed E-state index contributed by atoms with van der Waals surface area (Å²) in [6.07, 6.45) is 0. The summed E-state index contributed by atoms with van der Waals surface area (Å²) in [4.78, 5) is 0. The third kappa shape index (κ3) is 2.18. The standard InChI is InChI=1S/C9H8BrClN2.C2H6/c1-4-6(10)3-7(11)8-5(2)12-13-9(4)8;1-2/h3H,1-2H3,(H,12,13);1-2H3. The van der Waals surface area contributed by atoms with E-state index in [0.29, 0.717) is 0 Å². The Bertz CT molecular complexity index is 477. The monoisotopic (exact) mass is 288 g/mol. The summed E-state index contributed by atoms with van der Waals surface area (Å²) in [5.41, 5.74) is 3.07. The number of halogens is 2. The Morgan fingerprint density at radius 2 is 1.93 bits per heavy atom. The Labute approximate surface area is 103 Å². The van der Waals surface area contributed by atoms with E-state index in [1.807, 2.05) is 33.8 Å². The van der Waals surface area contributed by atoms with Crippen molar-refractivity contribution in [3.05, 3.63) is 26.8 Å². The fourth-order valence-corrected chi connectivity index (χ4v) is 2.29. The molecule has 0 radical (unpaired) electrons. The van der Waals surface area contributed by atoms with Gasteiger partial charge in [0.05, 0.1) is 10.5 Å². The molecule has 0 bridgehead atoms. The van der Waals surface area contributed by atoms with Crippen LogP contribution >= 0.6 is 27.5 Å². The minimum Gasteiger partial charge on any atom is -0.282 e. The van der Waals surface area contributed by atoms with Crippen LogP contribution in [-0.4, -0.2) is 10.2 Å². The molecule has 2 aromatic rings. The zero-order valence-electron chi connectivity index (χ0n) is 9.28. The van der Waals surface area contributed by atoms with Gasteiger partial charge >= 0.3 is 0 Å². The molecule has 0 spiro atoms. The van der Waals surface area contributed by atoms with Gasteiger partial charge in [-0.15, -0.1) is 0 Å². The lowest BCUT2D eigenvalue weighted by atomic mass is 10.1. The van der Waals surface area contributed by atoms with Crippen molar-refractivity contribution in [2.75, 3.05) is 0 Å². The van der Waals surface area contributed by atoms with Crippen LogP contribution in [0.15, 0.2) is 10.5 Å². The molecule has 1 aromatic carbocycles. The highest BCUT2D eigenvalue weighted by molar-refractivity contribution is 9.10. The topological polar surface area (TPSA) is 28.7 Å². The Kier molecular flexibility index (Phi) is 4.17. The smallest absolute Gasteiger partial charge is 0.0979 e. The third-order valence-corrected chi connectivity index (χ3v) is 3.27. The van der Waals surface area contributed by atoms with E-state index in [1.54, 1.807) is 0 Å². The number of aryl methyl sites for hydroxylation is 2. The van der Waals surface area contributed by atoms with Gasteiger partial charge in [-0.05, 0) is 25.5 Å². The van der Waals surface area contributed by atoms with Crippen LogP contribution in [0.1, 0.15) is 25.1 Å². The van der Waals surface area contributed by atoms with Crippen LogP contribution < -0.4 is 0 Å². The van der Waals surface area contributed by atoms with Crippen LogP contribution in [0.5, 0.6) is 0 Å². The number of aromatic nitrogens is 2. The largest absolute Gasteiger partial charge is 0.282 e. The van der Waals surface area contributed by atoms with Gasteiger partial charge in [-0.2, -0.15) is 5.10 Å². The number of aromatic amines is 1. The van der Waals surface area contributed by atoms with Crippen LogP contribution in [0.4, 0.5) is 0 Å². The molecule has 0 amide bonds. The predicted molar refractivity (Wildman–Crippen MR) is 69.6 cm³/mol. The molecule has 82 valence electrons. The molecule has 0 atom stereocenters. The van der Waals surface area contributed by atoms with Crippen LogP contribution in [0, 0.1) is 13.8 Å². The number of hydrogen-bond acceptors (Lipinski definition) is 1. The van der Waals surface area contributed by atoms with Gasteiger partial charge in [0.25, 0.3) is 0 Å². The summed E-state index contributed by atoms with van der Waals surface area (Å²) in [5.74, 6) is 0. The first kappa shape index (κ1) is 12.5. The van der Waals surface area contributed by atoms with Crippen molar-refractivity contribution < 1.29 is 0 Å². The van der Waals surface area contributed by atoms with Crippen LogP contribution in [0.2, 0.25) is 5.02 Å². The maximum Gasteiger partial charge on any atom is 0.0979 e. The van der Waals surface area contributed by atoms with Crippen molar-refractivity contribution in [3.8, 4) is 0 Å². The lowest BCUT2D eigenvalue weighted by Crippen LogP contribution is -1.80. The fourth-order valence-electron chi connectivity index (χ4n) is 1.40. The second-order valence-corrected chi connectivity index (χ2v) is 4.30. The maximum atomic E-state index is 6.09. The van der Waals surface area contributed by atoms with E-state index in [4.69, 9.17) is 11.6 Å². The van der Waals surface area contributed by atoms with Crippen molar-refractivity contribution in [2.24, 2.45) is 0 Å². The van der Waals surface area contributed by atoms with Gasteiger partial charge in [0.2, 0.25) is 0 Å². The van der Waals surface area contributed by atoms with Crippen molar-refractivity contribution in [2.45, 2.75) is 27.7 Å². The van der Waals surface area contributed by atoms with Crippen molar-refractivity contribution in [1.29, 1.82) is 0 Å². The summed E-state index contributed by atoms with van der Waals surface area (Å²) >= 11 is 9.53. The Hall–Kier alpha value is -0.540. The molecule has 1 N–H and O–H groups in total. The Morgan fingerprint density at radius 1 is 1.33 bits per heavy atom. The SMILES string of the molecule is CC.Cc1c(Br)cc(Cl)c2c(C)[nH]nc12. The fraction of sp³-hybridized carbons (Fsp3) is 0.364. The molecule has 2 nitrogen and oxygen atoms in total. The maximum absolute atomic E-state index is 6.09. The molecule has 0 aliphatic rings. The molecular formula is C11H14BrClN2. The average Bonchev–Trinajstić information content (AvgIpc) is 2.61. The molecule has 2 rings (SSSR count). The van der Waals surface area contributed by atoms with E-state index in [2.05, 4.69) is 26.1 Å². The number of hydrogen-bond donors (Lipinski definition) is 1. The zero-order chi connectivity index (χ0) is 11.6. The van der Waals surface area contributed by atoms with Crippen LogP contribution in [0.3, 0.4) is 0 Å². The van der Waals surface area contributed by atoms with Crippen molar-refractivity contribution in [3.63, 3.8) is 0 Å². The van der Waals surface area contributed by atoms with Crippen LogP contribution in [-0.2, 0) is 0 Å². The minimum atomic E-state index is 0.735. The number of nitrogens with zero attached hydrogens (tertiary/aromatic N) is 1. The molecule has 1 heterocycles. The number of rotatable bonds is 0. The first-order valence-electron chi connectivity index (χ1n) is 4.90. The summed E-state index contributed by atoms with van der Waals surface area (Å²) in [6, 6.07) is 1.90. The molecule has 15 heavy (non-hydrogen) atoms. The van der Waals surface area contributed by atoms with Crippen LogP contribution in [0.25, 0.3) is 10.9 Å². The average molecular weight is 290 g/mol. The summed E-state index contributed by atoms with van der Waals surface area (Å²) in [7, 11) is 0. The normalized spacial score (nSPS) is 10.0. The molecule has 1 aromatic heterocycles. The molecular weight excluding hydrogens is 275 g/mol. The van der Waals surface area contributed by atoms with E-state index < -0.39 is 0 Å². The number of H-pyrrole nitrogens is 1. The van der Waals surface area contributed by atoms with E-state index in [1.165, 1.54) is 0 Å². The molecule has 0 aliphatic heterocycles. The van der Waals surface area contributed by atoms with Gasteiger partial charge < -0.3 is 0 Å². The zero-order valence-corrected chi connectivity index (χ0v) is 11.6. The predicted octanol–water partition coefficient (Wildman–Crippen LogP) is 4.62. The number of fused-ring (bicyclic) bond motifs is 1. The summed E-state index contributed by atoms with van der Waals surface area (Å²) in [6.45, 7) is 7.98. The van der Waals surface area contributed by atoms with Gasteiger partial charge in [0.15, 0.2) is 0 Å². The lowest BCUT2D eigenvalue weighted by molar-refractivity contribution is 1.06. The summed E-state index contributed by atoms with van der Waals surface area (Å²) < 4.78 is 0.997. The lowest BCUT2D eigenvalue weighted by Gasteiger charge is -2.00. The second kappa shape index (κ2) is 4.99. The molecule has 0 unspecified atom stereocenters.